The molecule has 0 aromatic carbocycles. The Hall–Kier alpha value is -1.40. The molecule has 0 aliphatic rings. The largest absolute Gasteiger partial charge is 0.493 e. The highest BCUT2D eigenvalue weighted by Gasteiger charge is 2.19. The van der Waals surface area contributed by atoms with E-state index in [4.69, 9.17) is 10.5 Å². The van der Waals surface area contributed by atoms with Crippen molar-refractivity contribution in [1.82, 2.24) is 14.7 Å². The van der Waals surface area contributed by atoms with Crippen LogP contribution in [0.15, 0.2) is 6.20 Å². The highest BCUT2D eigenvalue weighted by molar-refractivity contribution is 5.97. The zero-order valence-corrected chi connectivity index (χ0v) is 12.9. The predicted octanol–water partition coefficient (Wildman–Crippen LogP) is 1.01. The summed E-state index contributed by atoms with van der Waals surface area (Å²) in [5, 5.41) is 4.25. The number of likely N-dealkylation sites (N-methyl/N-ethyl adjacent to an activating group) is 1. The highest BCUT2D eigenvalue weighted by Crippen LogP contribution is 2.21. The van der Waals surface area contributed by atoms with Crippen molar-refractivity contribution < 1.29 is 9.53 Å². The third-order valence-electron chi connectivity index (χ3n) is 3.32. The summed E-state index contributed by atoms with van der Waals surface area (Å²) in [5.41, 5.74) is 6.15. The summed E-state index contributed by atoms with van der Waals surface area (Å²) < 4.78 is 6.98. The van der Waals surface area contributed by atoms with Crippen molar-refractivity contribution in [3.05, 3.63) is 11.9 Å². The van der Waals surface area contributed by atoms with E-state index in [-0.39, 0.29) is 5.78 Å². The highest BCUT2D eigenvalue weighted by atomic mass is 16.5. The minimum Gasteiger partial charge on any atom is -0.493 e. The molecule has 1 heterocycles. The Labute approximate surface area is 120 Å². The molecule has 2 N–H and O–H groups in total. The lowest BCUT2D eigenvalue weighted by atomic mass is 10.0. The number of hydrogen-bond donors (Lipinski definition) is 1. The fourth-order valence-corrected chi connectivity index (χ4v) is 1.88. The molecule has 6 nitrogen and oxygen atoms in total. The molecule has 1 aromatic rings. The third kappa shape index (κ3) is 4.61. The predicted molar refractivity (Wildman–Crippen MR) is 79.1 cm³/mol. The number of methoxy groups -OCH3 is 1. The molecular weight excluding hydrogens is 256 g/mol. The Morgan fingerprint density at radius 1 is 1.55 bits per heavy atom. The van der Waals surface area contributed by atoms with Crippen LogP contribution < -0.4 is 10.5 Å². The molecule has 6 heteroatoms. The molecule has 0 saturated heterocycles. The second kappa shape index (κ2) is 8.01. The van der Waals surface area contributed by atoms with Gasteiger partial charge in [0, 0.05) is 13.0 Å². The van der Waals surface area contributed by atoms with Gasteiger partial charge in [-0.25, -0.2) is 0 Å². The third-order valence-corrected chi connectivity index (χ3v) is 3.32. The lowest BCUT2D eigenvalue weighted by Crippen LogP contribution is -2.22. The minimum atomic E-state index is 0.0680. The van der Waals surface area contributed by atoms with Crippen LogP contribution in [0.3, 0.4) is 0 Å². The number of nitrogens with two attached hydrogens (primary N) is 1. The molecule has 1 aromatic heterocycles. The Morgan fingerprint density at radius 3 is 2.80 bits per heavy atom. The Kier molecular flexibility index (Phi) is 6.67. The van der Waals surface area contributed by atoms with Crippen LogP contribution in [0.25, 0.3) is 0 Å². The molecule has 20 heavy (non-hydrogen) atoms. The quantitative estimate of drug-likeness (QED) is 0.684. The number of ketones is 1. The zero-order valence-electron chi connectivity index (χ0n) is 12.9. The van der Waals surface area contributed by atoms with E-state index in [0.29, 0.717) is 36.9 Å². The first-order chi connectivity index (χ1) is 9.49. The number of carbonyl (C=O) groups excluding carboxylic acids is 1. The van der Waals surface area contributed by atoms with Crippen molar-refractivity contribution >= 4 is 5.78 Å². The van der Waals surface area contributed by atoms with E-state index in [0.717, 1.165) is 13.0 Å². The Balaban J connectivity index is 2.79. The summed E-state index contributed by atoms with van der Waals surface area (Å²) >= 11 is 0. The first-order valence-electron chi connectivity index (χ1n) is 6.97. The van der Waals surface area contributed by atoms with Gasteiger partial charge in [0.15, 0.2) is 11.5 Å². The number of hydrogen-bond acceptors (Lipinski definition) is 5. The summed E-state index contributed by atoms with van der Waals surface area (Å²) in [6, 6.07) is 0. The van der Waals surface area contributed by atoms with Crippen molar-refractivity contribution in [2.75, 3.05) is 34.3 Å². The maximum Gasteiger partial charge on any atom is 0.184 e. The average molecular weight is 282 g/mol. The van der Waals surface area contributed by atoms with Gasteiger partial charge in [-0.05, 0) is 33.0 Å². The first-order valence-corrected chi connectivity index (χ1v) is 6.97. The number of ether oxygens (including phenoxy) is 1. The Morgan fingerprint density at radius 2 is 2.25 bits per heavy atom. The zero-order chi connectivity index (χ0) is 15.1. The van der Waals surface area contributed by atoms with Crippen LogP contribution in [0.1, 0.15) is 30.3 Å². The summed E-state index contributed by atoms with van der Waals surface area (Å²) in [6.07, 6.45) is 2.87. The van der Waals surface area contributed by atoms with Crippen molar-refractivity contribution in [3.63, 3.8) is 0 Å². The van der Waals surface area contributed by atoms with Gasteiger partial charge in [0.2, 0.25) is 0 Å². The van der Waals surface area contributed by atoms with Gasteiger partial charge in [-0.2, -0.15) is 5.10 Å². The monoisotopic (exact) mass is 282 g/mol. The maximum absolute atomic E-state index is 12.4. The van der Waals surface area contributed by atoms with Crippen LogP contribution >= 0.6 is 0 Å². The molecule has 1 rings (SSSR count). The molecule has 0 aliphatic carbocycles. The van der Waals surface area contributed by atoms with E-state index < -0.39 is 0 Å². The molecule has 0 saturated carbocycles. The van der Waals surface area contributed by atoms with Crippen LogP contribution in [0.5, 0.6) is 5.75 Å². The number of aromatic nitrogens is 2. The smallest absolute Gasteiger partial charge is 0.184 e. The van der Waals surface area contributed by atoms with Gasteiger partial charge in [-0.3, -0.25) is 9.48 Å². The Bertz CT molecular complexity index is 429. The van der Waals surface area contributed by atoms with Gasteiger partial charge in [-0.1, -0.05) is 6.92 Å². The summed E-state index contributed by atoms with van der Waals surface area (Å²) in [5.74, 6) is 0.968. The number of carbonyl (C=O) groups is 1. The van der Waals surface area contributed by atoms with Gasteiger partial charge in [-0.15, -0.1) is 0 Å². The van der Waals surface area contributed by atoms with E-state index in [1.165, 1.54) is 0 Å². The molecule has 0 bridgehead atoms. The topological polar surface area (TPSA) is 73.4 Å². The van der Waals surface area contributed by atoms with Gasteiger partial charge >= 0.3 is 0 Å². The summed E-state index contributed by atoms with van der Waals surface area (Å²) in [6.45, 7) is 4.15. The van der Waals surface area contributed by atoms with Crippen molar-refractivity contribution in [1.29, 1.82) is 0 Å². The normalized spacial score (nSPS) is 12.7. The standard InChI is InChI=1S/C14H26N4O2/c1-11(9-15)5-6-12(19)14-13(20-4)10-16-18(14)8-7-17(2)3/h10-11H,5-9,15H2,1-4H3. The lowest BCUT2D eigenvalue weighted by Gasteiger charge is -2.13. The fourth-order valence-electron chi connectivity index (χ4n) is 1.88. The van der Waals surface area contributed by atoms with E-state index >= 15 is 0 Å². The average Bonchev–Trinajstić information content (AvgIpc) is 2.84. The fraction of sp³-hybridized carbons (Fsp3) is 0.714. The van der Waals surface area contributed by atoms with Crippen LogP contribution in [-0.2, 0) is 6.54 Å². The second-order valence-corrected chi connectivity index (χ2v) is 5.39. The molecule has 0 fully saturated rings. The van der Waals surface area contributed by atoms with Crippen LogP contribution in [0.2, 0.25) is 0 Å². The van der Waals surface area contributed by atoms with Crippen LogP contribution in [0, 0.1) is 5.92 Å². The molecule has 0 spiro atoms. The van der Waals surface area contributed by atoms with Crippen LogP contribution in [-0.4, -0.2) is 54.8 Å². The number of nitrogens with zero attached hydrogens (tertiary/aromatic N) is 3. The maximum atomic E-state index is 12.4. The number of rotatable bonds is 9. The summed E-state index contributed by atoms with van der Waals surface area (Å²) in [4.78, 5) is 14.4. The van der Waals surface area contributed by atoms with Crippen molar-refractivity contribution in [2.45, 2.75) is 26.3 Å². The van der Waals surface area contributed by atoms with E-state index in [1.54, 1.807) is 18.0 Å². The van der Waals surface area contributed by atoms with Gasteiger partial charge in [0.25, 0.3) is 0 Å². The van der Waals surface area contributed by atoms with Gasteiger partial charge in [0.1, 0.15) is 5.69 Å². The van der Waals surface area contributed by atoms with E-state index in [1.807, 2.05) is 21.0 Å². The SMILES string of the molecule is COc1cnn(CCN(C)C)c1C(=O)CCC(C)CN. The summed E-state index contributed by atoms with van der Waals surface area (Å²) in [7, 11) is 5.54. The van der Waals surface area contributed by atoms with Crippen molar-refractivity contribution in [2.24, 2.45) is 11.7 Å². The van der Waals surface area contributed by atoms with Gasteiger partial charge in [0.05, 0.1) is 19.9 Å². The number of Topliss-reactive ketones (excluding diaryl/α,β-unsaturated/α-hetero) is 1. The molecule has 1 unspecified atom stereocenters. The lowest BCUT2D eigenvalue weighted by molar-refractivity contribution is 0.0960. The minimum absolute atomic E-state index is 0.0680. The van der Waals surface area contributed by atoms with E-state index in [9.17, 15) is 4.79 Å². The molecule has 114 valence electrons. The van der Waals surface area contributed by atoms with Crippen molar-refractivity contribution in [3.8, 4) is 5.75 Å². The first kappa shape index (κ1) is 16.7. The van der Waals surface area contributed by atoms with Crippen LogP contribution in [0.4, 0.5) is 0 Å². The second-order valence-electron chi connectivity index (χ2n) is 5.39. The molecular formula is C14H26N4O2. The van der Waals surface area contributed by atoms with Gasteiger partial charge < -0.3 is 15.4 Å². The van der Waals surface area contributed by atoms with E-state index in [2.05, 4.69) is 10.00 Å². The molecule has 1 atom stereocenters. The molecule has 0 radical (unpaired) electrons. The molecule has 0 amide bonds. The molecule has 0 aliphatic heterocycles.